The number of rotatable bonds is 11. The van der Waals surface area contributed by atoms with Crippen molar-refractivity contribution in [3.63, 3.8) is 0 Å². The molecule has 2 rings (SSSR count). The predicted octanol–water partition coefficient (Wildman–Crippen LogP) is 2.56. The van der Waals surface area contributed by atoms with Crippen LogP contribution in [0.5, 0.6) is 0 Å². The number of nitrogens with one attached hydrogen (secondary N) is 1. The van der Waals surface area contributed by atoms with Crippen molar-refractivity contribution in [2.45, 2.75) is 51.2 Å². The minimum Gasteiger partial charge on any atom is -0.390 e. The van der Waals surface area contributed by atoms with Crippen molar-refractivity contribution in [1.29, 1.82) is 0 Å². The summed E-state index contributed by atoms with van der Waals surface area (Å²) < 4.78 is 27.8. The minimum atomic E-state index is -3.83. The molecular weight excluding hydrogens is 428 g/mol. The molecule has 0 aliphatic heterocycles. The van der Waals surface area contributed by atoms with Gasteiger partial charge in [0.15, 0.2) is 0 Å². The van der Waals surface area contributed by atoms with E-state index < -0.39 is 22.2 Å². The zero-order valence-electron chi connectivity index (χ0n) is 19.0. The van der Waals surface area contributed by atoms with E-state index in [1.807, 2.05) is 20.8 Å². The molecule has 2 N–H and O–H groups in total. The highest BCUT2D eigenvalue weighted by Crippen LogP contribution is 2.19. The van der Waals surface area contributed by atoms with Gasteiger partial charge in [-0.25, -0.2) is 8.42 Å². The summed E-state index contributed by atoms with van der Waals surface area (Å²) in [6, 6.07) is 12.7. The average Bonchev–Trinajstić information content (AvgIpc) is 2.73. The molecule has 2 aromatic rings. The van der Waals surface area contributed by atoms with Gasteiger partial charge in [-0.15, -0.1) is 0 Å². The van der Waals surface area contributed by atoms with Gasteiger partial charge < -0.3 is 10.4 Å². The van der Waals surface area contributed by atoms with Gasteiger partial charge in [0.1, 0.15) is 6.29 Å². The molecule has 2 atom stereocenters. The molecule has 174 valence electrons. The first kappa shape index (κ1) is 25.7. The molecule has 8 heteroatoms. The van der Waals surface area contributed by atoms with Crippen LogP contribution in [0.25, 0.3) is 0 Å². The van der Waals surface area contributed by atoms with E-state index in [9.17, 15) is 23.1 Å². The second-order valence-electron chi connectivity index (χ2n) is 8.47. The second kappa shape index (κ2) is 11.4. The number of carbonyl (C=O) groups is 2. The van der Waals surface area contributed by atoms with Gasteiger partial charge in [-0.1, -0.05) is 55.8 Å². The third kappa shape index (κ3) is 7.25. The third-order valence-electron chi connectivity index (χ3n) is 5.04. The van der Waals surface area contributed by atoms with Crippen LogP contribution in [-0.4, -0.2) is 55.3 Å². The number of aryl methyl sites for hydroxylation is 1. The number of sulfonamides is 1. The summed E-state index contributed by atoms with van der Waals surface area (Å²) >= 11 is 0. The molecule has 7 nitrogen and oxygen atoms in total. The number of carbonyl (C=O) groups excluding carboxylic acids is 2. The Kier molecular flexibility index (Phi) is 9.12. The van der Waals surface area contributed by atoms with E-state index in [4.69, 9.17) is 0 Å². The quantitative estimate of drug-likeness (QED) is 0.502. The third-order valence-corrected chi connectivity index (χ3v) is 6.89. The van der Waals surface area contributed by atoms with Crippen LogP contribution < -0.4 is 5.32 Å². The number of aliphatic hydroxyl groups is 1. The molecule has 32 heavy (non-hydrogen) atoms. The van der Waals surface area contributed by atoms with E-state index >= 15 is 0 Å². The molecule has 2 aromatic carbocycles. The van der Waals surface area contributed by atoms with Gasteiger partial charge in [-0.05, 0) is 37.0 Å². The molecule has 0 radical (unpaired) electrons. The van der Waals surface area contributed by atoms with Crippen LogP contribution in [0.1, 0.15) is 42.3 Å². The summed E-state index contributed by atoms with van der Waals surface area (Å²) in [7, 11) is -3.83. The highest BCUT2D eigenvalue weighted by molar-refractivity contribution is 7.89. The summed E-state index contributed by atoms with van der Waals surface area (Å²) in [6.45, 7) is 7.11. The summed E-state index contributed by atoms with van der Waals surface area (Å²) in [5.74, 6) is -0.284. The van der Waals surface area contributed by atoms with Crippen molar-refractivity contribution in [1.82, 2.24) is 9.62 Å². The number of amides is 1. The highest BCUT2D eigenvalue weighted by Gasteiger charge is 2.31. The van der Waals surface area contributed by atoms with Crippen LogP contribution in [0.2, 0.25) is 0 Å². The molecule has 0 fully saturated rings. The van der Waals surface area contributed by atoms with Crippen molar-refractivity contribution in [3.8, 4) is 0 Å². The number of aldehydes is 1. The fraction of sp³-hybridized carbons (Fsp3) is 0.417. The summed E-state index contributed by atoms with van der Waals surface area (Å²) in [6.07, 6.45) is -0.104. The Morgan fingerprint density at radius 2 is 1.66 bits per heavy atom. The van der Waals surface area contributed by atoms with Gasteiger partial charge in [-0.3, -0.25) is 9.59 Å². The zero-order valence-corrected chi connectivity index (χ0v) is 19.8. The molecule has 0 saturated carbocycles. The van der Waals surface area contributed by atoms with Gasteiger partial charge in [0.2, 0.25) is 15.9 Å². The molecule has 0 aliphatic carbocycles. The van der Waals surface area contributed by atoms with Crippen molar-refractivity contribution in [2.75, 3.05) is 13.1 Å². The van der Waals surface area contributed by atoms with E-state index in [0.29, 0.717) is 12.0 Å². The monoisotopic (exact) mass is 460 g/mol. The fourth-order valence-corrected chi connectivity index (χ4v) is 5.03. The molecule has 1 unspecified atom stereocenters. The zero-order chi connectivity index (χ0) is 23.9. The second-order valence-corrected chi connectivity index (χ2v) is 10.4. The van der Waals surface area contributed by atoms with Crippen LogP contribution in [0.4, 0.5) is 0 Å². The van der Waals surface area contributed by atoms with E-state index in [2.05, 4.69) is 5.32 Å². The van der Waals surface area contributed by atoms with E-state index in [1.165, 1.54) is 11.2 Å². The Balaban J connectivity index is 2.28. The Morgan fingerprint density at radius 1 is 1.06 bits per heavy atom. The van der Waals surface area contributed by atoms with Gasteiger partial charge in [0.25, 0.3) is 0 Å². The smallest absolute Gasteiger partial charge is 0.243 e. The van der Waals surface area contributed by atoms with Crippen molar-refractivity contribution >= 4 is 22.2 Å². The van der Waals surface area contributed by atoms with Crippen LogP contribution in [0.3, 0.4) is 0 Å². The number of nitrogens with zero attached hydrogens (tertiary/aromatic N) is 1. The minimum absolute atomic E-state index is 0.0394. The van der Waals surface area contributed by atoms with Crippen LogP contribution >= 0.6 is 0 Å². The molecule has 0 saturated heterocycles. The lowest BCUT2D eigenvalue weighted by molar-refractivity contribution is -0.120. The van der Waals surface area contributed by atoms with E-state index in [1.54, 1.807) is 48.5 Å². The first-order chi connectivity index (χ1) is 15.0. The number of hydrogen-bond acceptors (Lipinski definition) is 5. The maximum absolute atomic E-state index is 13.3. The summed E-state index contributed by atoms with van der Waals surface area (Å²) in [4.78, 5) is 22.8. The van der Waals surface area contributed by atoms with Crippen LogP contribution in [0.15, 0.2) is 53.4 Å². The predicted molar refractivity (Wildman–Crippen MR) is 124 cm³/mol. The fourth-order valence-electron chi connectivity index (χ4n) is 3.40. The average molecular weight is 461 g/mol. The largest absolute Gasteiger partial charge is 0.390 e. The Hall–Kier alpha value is -2.55. The standard InChI is InChI=1S/C24H32N2O5S/c1-17(2)14-26(32(30,31)22-11-5-18(3)6-12-22)15-24(29)23(25-19(4)28)13-20-7-9-21(16-27)10-8-20/h5-12,16-17,23-24,29H,13-15H2,1-4H3,(H,25,28)/t23?,24-/m1/s1. The number of hydrogen-bond donors (Lipinski definition) is 2. The summed E-state index contributed by atoms with van der Waals surface area (Å²) in [5, 5.41) is 13.7. The lowest BCUT2D eigenvalue weighted by Gasteiger charge is -2.30. The Bertz CT molecular complexity index is 1000. The lowest BCUT2D eigenvalue weighted by Crippen LogP contribution is -2.50. The summed E-state index contributed by atoms with van der Waals surface area (Å²) in [5.41, 5.74) is 2.29. The molecule has 0 heterocycles. The van der Waals surface area contributed by atoms with E-state index in [-0.39, 0.29) is 29.8 Å². The van der Waals surface area contributed by atoms with Gasteiger partial charge in [0.05, 0.1) is 17.0 Å². The molecule has 0 spiro atoms. The molecule has 0 aromatic heterocycles. The topological polar surface area (TPSA) is 104 Å². The first-order valence-corrected chi connectivity index (χ1v) is 12.0. The van der Waals surface area contributed by atoms with Gasteiger partial charge in [-0.2, -0.15) is 4.31 Å². The maximum atomic E-state index is 13.3. The Morgan fingerprint density at radius 3 is 2.16 bits per heavy atom. The van der Waals surface area contributed by atoms with Crippen LogP contribution in [0, 0.1) is 12.8 Å². The molecular formula is C24H32N2O5S. The molecule has 0 bridgehead atoms. The SMILES string of the molecule is CC(=O)NC(Cc1ccc(C=O)cc1)[C@H](O)CN(CC(C)C)S(=O)(=O)c1ccc(C)cc1. The van der Waals surface area contributed by atoms with Crippen molar-refractivity contribution in [3.05, 3.63) is 65.2 Å². The Labute approximate surface area is 190 Å². The van der Waals surface area contributed by atoms with Gasteiger partial charge >= 0.3 is 0 Å². The maximum Gasteiger partial charge on any atom is 0.243 e. The molecule has 0 aliphatic rings. The first-order valence-electron chi connectivity index (χ1n) is 10.6. The number of benzene rings is 2. The highest BCUT2D eigenvalue weighted by atomic mass is 32.2. The van der Waals surface area contributed by atoms with Crippen molar-refractivity contribution in [2.24, 2.45) is 5.92 Å². The van der Waals surface area contributed by atoms with Gasteiger partial charge in [0, 0.05) is 25.6 Å². The van der Waals surface area contributed by atoms with Crippen LogP contribution in [-0.2, 0) is 21.2 Å². The van der Waals surface area contributed by atoms with Crippen molar-refractivity contribution < 1.29 is 23.1 Å². The lowest BCUT2D eigenvalue weighted by atomic mass is 10.00. The number of aliphatic hydroxyl groups excluding tert-OH is 1. The molecule has 1 amide bonds. The van der Waals surface area contributed by atoms with E-state index in [0.717, 1.165) is 17.4 Å². The normalized spacial score (nSPS) is 13.7.